The molecule has 1 aromatic carbocycles. The first-order valence-electron chi connectivity index (χ1n) is 7.98. The van der Waals surface area contributed by atoms with E-state index in [9.17, 15) is 0 Å². The Kier molecular flexibility index (Phi) is 8.85. The number of rotatable bonds is 7. The van der Waals surface area contributed by atoms with E-state index in [1.165, 1.54) is 24.0 Å². The van der Waals surface area contributed by atoms with Gasteiger partial charge in [0, 0.05) is 23.5 Å². The van der Waals surface area contributed by atoms with Gasteiger partial charge in [-0.25, -0.2) is 4.98 Å². The lowest BCUT2D eigenvalue weighted by Crippen LogP contribution is -2.15. The molecule has 24 heavy (non-hydrogen) atoms. The highest BCUT2D eigenvalue weighted by Gasteiger charge is 2.26. The average molecular weight is 389 g/mol. The number of halogens is 3. The summed E-state index contributed by atoms with van der Waals surface area (Å²) in [4.78, 5) is 4.56. The minimum atomic E-state index is 0. The molecule has 6 heteroatoms. The van der Waals surface area contributed by atoms with Crippen molar-refractivity contribution in [3.05, 3.63) is 52.7 Å². The maximum atomic E-state index is 6.03. The molecule has 1 saturated carbocycles. The van der Waals surface area contributed by atoms with Crippen LogP contribution in [0.25, 0.3) is 0 Å². The van der Waals surface area contributed by atoms with E-state index in [0.717, 1.165) is 36.0 Å². The lowest BCUT2D eigenvalue weighted by molar-refractivity contribution is 0.669. The Morgan fingerprint density at radius 2 is 2.00 bits per heavy atom. The van der Waals surface area contributed by atoms with Crippen LogP contribution in [0.2, 0.25) is 5.02 Å². The summed E-state index contributed by atoms with van der Waals surface area (Å²) in [7, 11) is 0. The Hall–Kier alpha value is -1.000. The molecule has 1 aliphatic carbocycles. The van der Waals surface area contributed by atoms with Gasteiger partial charge < -0.3 is 10.6 Å². The Balaban J connectivity index is 0.00000144. The van der Waals surface area contributed by atoms with Crippen LogP contribution in [-0.2, 0) is 6.54 Å². The first kappa shape index (κ1) is 21.0. The van der Waals surface area contributed by atoms with Crippen molar-refractivity contribution in [2.45, 2.75) is 38.6 Å². The molecule has 3 rings (SSSR count). The molecule has 1 fully saturated rings. The van der Waals surface area contributed by atoms with E-state index in [4.69, 9.17) is 11.6 Å². The first-order chi connectivity index (χ1) is 10.8. The molecule has 0 unspecified atom stereocenters. The van der Waals surface area contributed by atoms with Crippen LogP contribution in [0.5, 0.6) is 0 Å². The van der Waals surface area contributed by atoms with Gasteiger partial charge in [0.05, 0.1) is 0 Å². The molecule has 2 aromatic rings. The third-order valence-corrected chi connectivity index (χ3v) is 4.11. The van der Waals surface area contributed by atoms with Gasteiger partial charge in [-0.1, -0.05) is 24.6 Å². The number of nitrogens with one attached hydrogen (secondary N) is 2. The molecule has 1 heterocycles. The molecular formula is C18H24Cl3N3. The Labute approximate surface area is 161 Å². The van der Waals surface area contributed by atoms with Crippen LogP contribution in [0.15, 0.2) is 36.5 Å². The summed E-state index contributed by atoms with van der Waals surface area (Å²) in [6.07, 6.45) is 5.74. The second-order valence-electron chi connectivity index (χ2n) is 5.85. The zero-order valence-electron chi connectivity index (χ0n) is 13.7. The van der Waals surface area contributed by atoms with Crippen molar-refractivity contribution in [2.24, 2.45) is 0 Å². The maximum absolute atomic E-state index is 6.03. The SMILES string of the molecule is CCCNCc1cnc(Nc2cccc(Cl)c2)cc1C1CC1.Cl.Cl. The van der Waals surface area contributed by atoms with Crippen LogP contribution in [0.3, 0.4) is 0 Å². The predicted molar refractivity (Wildman–Crippen MR) is 107 cm³/mol. The number of pyridine rings is 1. The van der Waals surface area contributed by atoms with Crippen molar-refractivity contribution in [2.75, 3.05) is 11.9 Å². The van der Waals surface area contributed by atoms with Gasteiger partial charge in [0.1, 0.15) is 5.82 Å². The van der Waals surface area contributed by atoms with Crippen LogP contribution in [0.1, 0.15) is 43.2 Å². The largest absolute Gasteiger partial charge is 0.340 e. The van der Waals surface area contributed by atoms with Crippen molar-refractivity contribution < 1.29 is 0 Å². The molecule has 0 saturated heterocycles. The van der Waals surface area contributed by atoms with Crippen LogP contribution in [0.4, 0.5) is 11.5 Å². The molecule has 0 atom stereocenters. The van der Waals surface area contributed by atoms with Gasteiger partial charge in [-0.2, -0.15) is 0 Å². The van der Waals surface area contributed by atoms with Gasteiger partial charge in [0.25, 0.3) is 0 Å². The number of hydrogen-bond acceptors (Lipinski definition) is 3. The number of anilines is 2. The normalized spacial score (nSPS) is 12.9. The van der Waals surface area contributed by atoms with Gasteiger partial charge in [-0.15, -0.1) is 24.8 Å². The number of benzene rings is 1. The zero-order chi connectivity index (χ0) is 15.4. The van der Waals surface area contributed by atoms with Crippen molar-refractivity contribution >= 4 is 47.9 Å². The molecule has 0 radical (unpaired) electrons. The van der Waals surface area contributed by atoms with Crippen molar-refractivity contribution in [1.29, 1.82) is 0 Å². The average Bonchev–Trinajstić information content (AvgIpc) is 3.33. The van der Waals surface area contributed by atoms with Crippen molar-refractivity contribution in [1.82, 2.24) is 10.3 Å². The van der Waals surface area contributed by atoms with Gasteiger partial charge in [0.2, 0.25) is 0 Å². The van der Waals surface area contributed by atoms with Crippen LogP contribution in [-0.4, -0.2) is 11.5 Å². The van der Waals surface area contributed by atoms with E-state index in [1.807, 2.05) is 30.5 Å². The fraction of sp³-hybridized carbons (Fsp3) is 0.389. The predicted octanol–water partition coefficient (Wildman–Crippen LogP) is 5.70. The number of aromatic nitrogens is 1. The van der Waals surface area contributed by atoms with Gasteiger partial charge >= 0.3 is 0 Å². The topological polar surface area (TPSA) is 37.0 Å². The third-order valence-electron chi connectivity index (χ3n) is 3.88. The van der Waals surface area contributed by atoms with Crippen LogP contribution in [0, 0.1) is 0 Å². The standard InChI is InChI=1S/C18H22ClN3.2ClH/c1-2-8-20-11-14-12-21-18(10-17(14)13-6-7-13)22-16-5-3-4-15(19)9-16;;/h3-5,9-10,12-13,20H,2,6-8,11H2,1H3,(H,21,22);2*1H. The van der Waals surface area contributed by atoms with E-state index >= 15 is 0 Å². The summed E-state index contributed by atoms with van der Waals surface area (Å²) in [5.41, 5.74) is 3.73. The fourth-order valence-corrected chi connectivity index (χ4v) is 2.79. The Morgan fingerprint density at radius 1 is 1.21 bits per heavy atom. The molecule has 0 amide bonds. The minimum absolute atomic E-state index is 0. The third kappa shape index (κ3) is 5.82. The highest BCUT2D eigenvalue weighted by Crippen LogP contribution is 2.42. The van der Waals surface area contributed by atoms with E-state index in [-0.39, 0.29) is 24.8 Å². The second-order valence-corrected chi connectivity index (χ2v) is 6.29. The molecule has 0 spiro atoms. The zero-order valence-corrected chi connectivity index (χ0v) is 16.1. The smallest absolute Gasteiger partial charge is 0.130 e. The van der Waals surface area contributed by atoms with Gasteiger partial charge in [-0.05, 0) is 67.1 Å². The van der Waals surface area contributed by atoms with Crippen molar-refractivity contribution in [3.8, 4) is 0 Å². The fourth-order valence-electron chi connectivity index (χ4n) is 2.60. The Bertz CT molecular complexity index is 645. The quantitative estimate of drug-likeness (QED) is 0.597. The number of hydrogen-bond donors (Lipinski definition) is 2. The summed E-state index contributed by atoms with van der Waals surface area (Å²) in [6, 6.07) is 9.92. The van der Waals surface area contributed by atoms with E-state index in [1.54, 1.807) is 0 Å². The van der Waals surface area contributed by atoms with Gasteiger partial charge in [0.15, 0.2) is 0 Å². The van der Waals surface area contributed by atoms with E-state index in [2.05, 4.69) is 28.6 Å². The summed E-state index contributed by atoms with van der Waals surface area (Å²) >= 11 is 6.03. The van der Waals surface area contributed by atoms with Gasteiger partial charge in [-0.3, -0.25) is 0 Å². The Morgan fingerprint density at radius 3 is 2.67 bits per heavy atom. The lowest BCUT2D eigenvalue weighted by Gasteiger charge is -2.13. The minimum Gasteiger partial charge on any atom is -0.340 e. The molecule has 3 nitrogen and oxygen atoms in total. The molecule has 132 valence electrons. The molecule has 0 aliphatic heterocycles. The highest BCUT2D eigenvalue weighted by atomic mass is 35.5. The van der Waals surface area contributed by atoms with Crippen LogP contribution < -0.4 is 10.6 Å². The molecular weight excluding hydrogens is 365 g/mol. The lowest BCUT2D eigenvalue weighted by atomic mass is 10.1. The molecule has 2 N–H and O–H groups in total. The molecule has 1 aromatic heterocycles. The van der Waals surface area contributed by atoms with E-state index < -0.39 is 0 Å². The summed E-state index contributed by atoms with van der Waals surface area (Å²) in [6.45, 7) is 4.14. The molecule has 0 bridgehead atoms. The van der Waals surface area contributed by atoms with Crippen molar-refractivity contribution in [3.63, 3.8) is 0 Å². The maximum Gasteiger partial charge on any atom is 0.130 e. The van der Waals surface area contributed by atoms with Crippen LogP contribution >= 0.6 is 36.4 Å². The monoisotopic (exact) mass is 387 g/mol. The summed E-state index contributed by atoms with van der Waals surface area (Å²) in [5.74, 6) is 1.60. The number of nitrogens with zero attached hydrogens (tertiary/aromatic N) is 1. The summed E-state index contributed by atoms with van der Waals surface area (Å²) in [5, 5.41) is 7.55. The molecule has 1 aliphatic rings. The first-order valence-corrected chi connectivity index (χ1v) is 8.36. The highest BCUT2D eigenvalue weighted by molar-refractivity contribution is 6.30. The van der Waals surface area contributed by atoms with E-state index in [0.29, 0.717) is 5.92 Å². The summed E-state index contributed by atoms with van der Waals surface area (Å²) < 4.78 is 0. The second kappa shape index (κ2) is 10.1.